The molecule has 3 heteroatoms. The molecule has 0 saturated carbocycles. The summed E-state index contributed by atoms with van der Waals surface area (Å²) in [6, 6.07) is 8.57. The Morgan fingerprint density at radius 1 is 1.12 bits per heavy atom. The van der Waals surface area contributed by atoms with E-state index in [0.29, 0.717) is 17.5 Å². The van der Waals surface area contributed by atoms with Crippen LogP contribution in [0.3, 0.4) is 0 Å². The zero-order chi connectivity index (χ0) is 16.7. The van der Waals surface area contributed by atoms with E-state index in [2.05, 4.69) is 24.1 Å². The third-order valence-corrected chi connectivity index (χ3v) is 6.28. The summed E-state index contributed by atoms with van der Waals surface area (Å²) in [6.45, 7) is 8.12. The van der Waals surface area contributed by atoms with E-state index < -0.39 is 0 Å². The Bertz CT molecular complexity index is 616. The highest BCUT2D eigenvalue weighted by atomic mass is 19.1. The molecule has 2 fully saturated rings. The molecule has 1 aromatic carbocycles. The number of fused-ring (bicyclic) bond motifs is 2. The molecule has 2 aliphatic heterocycles. The number of nitrogens with one attached hydrogen (secondary N) is 1. The number of halogens is 1. The van der Waals surface area contributed by atoms with E-state index in [1.807, 2.05) is 12.1 Å². The number of benzene rings is 1. The summed E-state index contributed by atoms with van der Waals surface area (Å²) in [5.41, 5.74) is 4.64. The van der Waals surface area contributed by atoms with Crippen LogP contribution >= 0.6 is 0 Å². The molecular formula is C21H29FN2. The van der Waals surface area contributed by atoms with E-state index in [0.717, 1.165) is 26.1 Å². The van der Waals surface area contributed by atoms with Gasteiger partial charge in [-0.15, -0.1) is 0 Å². The highest BCUT2D eigenvalue weighted by Crippen LogP contribution is 2.44. The van der Waals surface area contributed by atoms with Gasteiger partial charge >= 0.3 is 0 Å². The molecule has 2 heterocycles. The monoisotopic (exact) mass is 328 g/mol. The number of allylic oxidation sites excluding steroid dienone is 1. The first-order valence-electron chi connectivity index (χ1n) is 9.45. The standard InChI is InChI=1S/C21H29FN2/c1-21(2)10-9-16(14-24-18-7-8-19(24)13-23-12-18)20(11-21)15-3-5-17(22)6-4-15/h3-6,18-19,23H,7-14H2,1-2H3. The summed E-state index contributed by atoms with van der Waals surface area (Å²) in [5, 5.41) is 3.58. The minimum atomic E-state index is -0.142. The number of rotatable bonds is 3. The molecular weight excluding hydrogens is 299 g/mol. The zero-order valence-corrected chi connectivity index (χ0v) is 14.9. The number of piperazine rings is 1. The van der Waals surface area contributed by atoms with Gasteiger partial charge in [0.25, 0.3) is 0 Å². The van der Waals surface area contributed by atoms with Crippen LogP contribution in [-0.2, 0) is 0 Å². The maximum absolute atomic E-state index is 13.4. The predicted octanol–water partition coefficient (Wildman–Crippen LogP) is 4.23. The average Bonchev–Trinajstić information content (AvgIpc) is 2.78. The molecule has 130 valence electrons. The second-order valence-corrected chi connectivity index (χ2v) is 8.65. The Hall–Kier alpha value is -1.19. The van der Waals surface area contributed by atoms with Crippen LogP contribution in [0.25, 0.3) is 5.57 Å². The Morgan fingerprint density at radius 3 is 2.46 bits per heavy atom. The van der Waals surface area contributed by atoms with Gasteiger partial charge in [-0.25, -0.2) is 4.39 Å². The molecule has 4 rings (SSSR count). The van der Waals surface area contributed by atoms with Gasteiger partial charge in [0.1, 0.15) is 5.82 Å². The molecule has 3 aliphatic rings. The third-order valence-electron chi connectivity index (χ3n) is 6.28. The lowest BCUT2D eigenvalue weighted by molar-refractivity contribution is 0.164. The van der Waals surface area contributed by atoms with Crippen LogP contribution in [0.2, 0.25) is 0 Å². The third kappa shape index (κ3) is 3.16. The minimum absolute atomic E-state index is 0.142. The van der Waals surface area contributed by atoms with Crippen molar-refractivity contribution < 1.29 is 4.39 Å². The predicted molar refractivity (Wildman–Crippen MR) is 97.3 cm³/mol. The Labute approximate surface area is 145 Å². The Balaban J connectivity index is 1.65. The highest BCUT2D eigenvalue weighted by Gasteiger charge is 2.38. The number of hydrogen-bond acceptors (Lipinski definition) is 2. The van der Waals surface area contributed by atoms with E-state index in [4.69, 9.17) is 0 Å². The van der Waals surface area contributed by atoms with Crippen molar-refractivity contribution in [2.45, 2.75) is 58.0 Å². The van der Waals surface area contributed by atoms with E-state index in [-0.39, 0.29) is 5.82 Å². The van der Waals surface area contributed by atoms with Gasteiger partial charge in [-0.3, -0.25) is 4.90 Å². The molecule has 1 aliphatic carbocycles. The smallest absolute Gasteiger partial charge is 0.123 e. The molecule has 1 N–H and O–H groups in total. The molecule has 2 nitrogen and oxygen atoms in total. The normalized spacial score (nSPS) is 30.0. The van der Waals surface area contributed by atoms with Crippen LogP contribution in [0.15, 0.2) is 29.8 Å². The van der Waals surface area contributed by atoms with Gasteiger partial charge < -0.3 is 5.32 Å². The van der Waals surface area contributed by atoms with E-state index >= 15 is 0 Å². The van der Waals surface area contributed by atoms with Crippen LogP contribution in [0, 0.1) is 11.2 Å². The van der Waals surface area contributed by atoms with Crippen molar-refractivity contribution in [3.63, 3.8) is 0 Å². The molecule has 1 aromatic rings. The summed E-state index contributed by atoms with van der Waals surface area (Å²) in [6.07, 6.45) is 6.22. The summed E-state index contributed by atoms with van der Waals surface area (Å²) in [4.78, 5) is 2.74. The van der Waals surface area contributed by atoms with Gasteiger partial charge in [-0.05, 0) is 60.8 Å². The maximum Gasteiger partial charge on any atom is 0.123 e. The van der Waals surface area contributed by atoms with Gasteiger partial charge in [0, 0.05) is 31.7 Å². The zero-order valence-electron chi connectivity index (χ0n) is 14.9. The Morgan fingerprint density at radius 2 is 1.79 bits per heavy atom. The van der Waals surface area contributed by atoms with Gasteiger partial charge in [-0.2, -0.15) is 0 Å². The van der Waals surface area contributed by atoms with Crippen LogP contribution in [0.5, 0.6) is 0 Å². The second kappa shape index (κ2) is 6.27. The van der Waals surface area contributed by atoms with Crippen molar-refractivity contribution in [3.8, 4) is 0 Å². The second-order valence-electron chi connectivity index (χ2n) is 8.65. The lowest BCUT2D eigenvalue weighted by atomic mass is 9.72. The molecule has 2 unspecified atom stereocenters. The molecule has 0 amide bonds. The van der Waals surface area contributed by atoms with E-state index in [1.54, 1.807) is 17.7 Å². The fraction of sp³-hybridized carbons (Fsp3) is 0.619. The highest BCUT2D eigenvalue weighted by molar-refractivity contribution is 5.70. The summed E-state index contributed by atoms with van der Waals surface area (Å²) >= 11 is 0. The topological polar surface area (TPSA) is 15.3 Å². The van der Waals surface area contributed by atoms with Crippen molar-refractivity contribution in [3.05, 3.63) is 41.2 Å². The summed E-state index contributed by atoms with van der Waals surface area (Å²) in [5.74, 6) is -0.142. The number of nitrogens with zero attached hydrogens (tertiary/aromatic N) is 1. The number of hydrogen-bond donors (Lipinski definition) is 1. The fourth-order valence-corrected chi connectivity index (χ4v) is 4.81. The Kier molecular flexibility index (Phi) is 4.26. The van der Waals surface area contributed by atoms with Crippen molar-refractivity contribution in [2.75, 3.05) is 19.6 Å². The van der Waals surface area contributed by atoms with Crippen molar-refractivity contribution >= 4 is 5.57 Å². The van der Waals surface area contributed by atoms with Gasteiger partial charge in [0.15, 0.2) is 0 Å². The van der Waals surface area contributed by atoms with Gasteiger partial charge in [0.05, 0.1) is 0 Å². The molecule has 24 heavy (non-hydrogen) atoms. The molecule has 2 atom stereocenters. The molecule has 0 aromatic heterocycles. The molecule has 2 bridgehead atoms. The van der Waals surface area contributed by atoms with Crippen LogP contribution in [0.1, 0.15) is 51.5 Å². The lowest BCUT2D eigenvalue weighted by Gasteiger charge is -2.39. The SMILES string of the molecule is CC1(C)CCC(CN2C3CCC2CNC3)=C(c2ccc(F)cc2)C1. The van der Waals surface area contributed by atoms with Crippen LogP contribution < -0.4 is 5.32 Å². The first kappa shape index (κ1) is 16.3. The maximum atomic E-state index is 13.4. The van der Waals surface area contributed by atoms with Crippen molar-refractivity contribution in [1.82, 2.24) is 10.2 Å². The molecule has 0 radical (unpaired) electrons. The van der Waals surface area contributed by atoms with Crippen LogP contribution in [-0.4, -0.2) is 36.6 Å². The largest absolute Gasteiger partial charge is 0.314 e. The molecule has 0 spiro atoms. The first-order chi connectivity index (χ1) is 11.5. The van der Waals surface area contributed by atoms with E-state index in [9.17, 15) is 4.39 Å². The van der Waals surface area contributed by atoms with E-state index in [1.165, 1.54) is 36.8 Å². The average molecular weight is 328 g/mol. The van der Waals surface area contributed by atoms with Crippen LogP contribution in [0.4, 0.5) is 4.39 Å². The molecule has 2 saturated heterocycles. The first-order valence-corrected chi connectivity index (χ1v) is 9.45. The summed E-state index contributed by atoms with van der Waals surface area (Å²) in [7, 11) is 0. The lowest BCUT2D eigenvalue weighted by Crippen LogP contribution is -2.52. The minimum Gasteiger partial charge on any atom is -0.314 e. The van der Waals surface area contributed by atoms with Crippen molar-refractivity contribution in [2.24, 2.45) is 5.41 Å². The fourth-order valence-electron chi connectivity index (χ4n) is 4.81. The summed E-state index contributed by atoms with van der Waals surface area (Å²) < 4.78 is 13.4. The van der Waals surface area contributed by atoms with Gasteiger partial charge in [-0.1, -0.05) is 31.6 Å². The quantitative estimate of drug-likeness (QED) is 0.893. The van der Waals surface area contributed by atoms with Crippen molar-refractivity contribution in [1.29, 1.82) is 0 Å². The van der Waals surface area contributed by atoms with Gasteiger partial charge in [0.2, 0.25) is 0 Å².